The normalized spacial score (nSPS) is 13.5. The van der Waals surface area contributed by atoms with E-state index in [-0.39, 0.29) is 0 Å². The summed E-state index contributed by atoms with van der Waals surface area (Å²) >= 11 is 0. The Kier molecular flexibility index (Phi) is 9.46. The Bertz CT molecular complexity index is 458. The predicted molar refractivity (Wildman–Crippen MR) is 101 cm³/mol. The second-order valence-corrected chi connectivity index (χ2v) is 6.81. The summed E-state index contributed by atoms with van der Waals surface area (Å²) in [6.07, 6.45) is 28.5. The zero-order valence-electron chi connectivity index (χ0n) is 14.7. The Morgan fingerprint density at radius 3 is 1.83 bits per heavy atom. The van der Waals surface area contributed by atoms with Gasteiger partial charge in [0.15, 0.2) is 0 Å². The van der Waals surface area contributed by atoms with E-state index < -0.39 is 0 Å². The number of hydrogen-bond acceptors (Lipinski definition) is 1. The van der Waals surface area contributed by atoms with Crippen LogP contribution in [0.1, 0.15) is 82.6 Å². The van der Waals surface area contributed by atoms with Crippen molar-refractivity contribution in [3.05, 3.63) is 53.9 Å². The maximum absolute atomic E-state index is 4.06. The molecule has 0 fully saturated rings. The van der Waals surface area contributed by atoms with E-state index in [0.29, 0.717) is 0 Å². The fourth-order valence-electron chi connectivity index (χ4n) is 3.31. The van der Waals surface area contributed by atoms with Gasteiger partial charge >= 0.3 is 0 Å². The highest BCUT2D eigenvalue weighted by Crippen LogP contribution is 2.17. The first kappa shape index (κ1) is 18.0. The molecule has 0 radical (unpaired) electrons. The molecule has 0 unspecified atom stereocenters. The second-order valence-electron chi connectivity index (χ2n) is 6.81. The smallest absolute Gasteiger partial charge is 0.0270 e. The molecule has 2 rings (SSSR count). The number of unbranched alkanes of at least 4 members (excludes halogenated alkanes) is 9. The molecule has 1 nitrogen and oxygen atoms in total. The van der Waals surface area contributed by atoms with Crippen LogP contribution in [0, 0.1) is 0 Å². The van der Waals surface area contributed by atoms with Crippen molar-refractivity contribution in [3.8, 4) is 0 Å². The molecule has 1 aromatic rings. The molecular formula is C22H33N. The largest absolute Gasteiger partial charge is 0.265 e. The number of pyridine rings is 1. The summed E-state index contributed by atoms with van der Waals surface area (Å²) in [5.41, 5.74) is 3.00. The Balaban J connectivity index is 1.30. The Hall–Kier alpha value is -1.37. The number of nitrogens with zero attached hydrogens (tertiary/aromatic N) is 1. The molecule has 0 aliphatic heterocycles. The van der Waals surface area contributed by atoms with Crippen LogP contribution in [-0.2, 0) is 6.42 Å². The third-order valence-corrected chi connectivity index (χ3v) is 4.78. The van der Waals surface area contributed by atoms with Crippen LogP contribution in [-0.4, -0.2) is 4.98 Å². The van der Waals surface area contributed by atoms with E-state index in [9.17, 15) is 0 Å². The molecule has 23 heavy (non-hydrogen) atoms. The molecule has 0 saturated heterocycles. The Morgan fingerprint density at radius 1 is 0.696 bits per heavy atom. The van der Waals surface area contributed by atoms with Crippen LogP contribution in [0.3, 0.4) is 0 Å². The van der Waals surface area contributed by atoms with Crippen LogP contribution in [0.4, 0.5) is 0 Å². The lowest BCUT2D eigenvalue weighted by Crippen LogP contribution is -1.87. The van der Waals surface area contributed by atoms with Gasteiger partial charge in [-0.1, -0.05) is 75.2 Å². The van der Waals surface area contributed by atoms with Gasteiger partial charge < -0.3 is 0 Å². The van der Waals surface area contributed by atoms with Crippen molar-refractivity contribution in [3.63, 3.8) is 0 Å². The summed E-state index contributed by atoms with van der Waals surface area (Å²) in [5, 5.41) is 0. The maximum Gasteiger partial charge on any atom is 0.0270 e. The average Bonchev–Trinajstić information content (AvgIpc) is 3.10. The van der Waals surface area contributed by atoms with Crippen LogP contribution in [0.15, 0.2) is 48.3 Å². The SMILES string of the molecule is C1=CC(CCCCCCCCCCCCc2ccncc2)=CC1. The molecule has 0 spiro atoms. The van der Waals surface area contributed by atoms with Crippen LogP contribution in [0.2, 0.25) is 0 Å². The summed E-state index contributed by atoms with van der Waals surface area (Å²) in [5.74, 6) is 0. The zero-order valence-corrected chi connectivity index (χ0v) is 14.7. The highest BCUT2D eigenvalue weighted by molar-refractivity contribution is 5.25. The second kappa shape index (κ2) is 12.1. The molecule has 0 saturated carbocycles. The van der Waals surface area contributed by atoms with E-state index in [2.05, 4.69) is 35.3 Å². The molecule has 126 valence electrons. The lowest BCUT2D eigenvalue weighted by atomic mass is 10.0. The first-order chi connectivity index (χ1) is 11.4. The van der Waals surface area contributed by atoms with Crippen molar-refractivity contribution >= 4 is 0 Å². The molecule has 1 aromatic heterocycles. The lowest BCUT2D eigenvalue weighted by Gasteiger charge is -2.03. The number of rotatable bonds is 13. The van der Waals surface area contributed by atoms with Gasteiger partial charge in [0.05, 0.1) is 0 Å². The summed E-state index contributed by atoms with van der Waals surface area (Å²) in [6.45, 7) is 0. The van der Waals surface area contributed by atoms with Gasteiger partial charge in [0.1, 0.15) is 0 Å². The number of aromatic nitrogens is 1. The Morgan fingerprint density at radius 2 is 1.26 bits per heavy atom. The molecule has 1 heterocycles. The van der Waals surface area contributed by atoms with Crippen LogP contribution in [0.5, 0.6) is 0 Å². The van der Waals surface area contributed by atoms with Gasteiger partial charge in [0.25, 0.3) is 0 Å². The van der Waals surface area contributed by atoms with E-state index >= 15 is 0 Å². The average molecular weight is 312 g/mol. The molecule has 1 heteroatoms. The molecule has 0 atom stereocenters. The summed E-state index contributed by atoms with van der Waals surface area (Å²) in [6, 6.07) is 4.28. The number of hydrogen-bond donors (Lipinski definition) is 0. The third-order valence-electron chi connectivity index (χ3n) is 4.78. The summed E-state index contributed by atoms with van der Waals surface area (Å²) in [4.78, 5) is 4.06. The minimum absolute atomic E-state index is 1.16. The molecule has 0 amide bonds. The van der Waals surface area contributed by atoms with Crippen molar-refractivity contribution in [2.24, 2.45) is 0 Å². The third kappa shape index (κ3) is 8.74. The maximum atomic E-state index is 4.06. The van der Waals surface area contributed by atoms with Crippen molar-refractivity contribution in [2.75, 3.05) is 0 Å². The fourth-order valence-corrected chi connectivity index (χ4v) is 3.31. The molecule has 0 N–H and O–H groups in total. The van der Waals surface area contributed by atoms with Crippen molar-refractivity contribution in [1.82, 2.24) is 4.98 Å². The first-order valence-corrected chi connectivity index (χ1v) is 9.69. The summed E-state index contributed by atoms with van der Waals surface area (Å²) in [7, 11) is 0. The standard InChI is InChI=1S/C22H33N/c1(3-5-7-9-13-21-15-11-12-16-21)2-4-6-8-10-14-22-17-19-23-20-18-22/h11,15-20H,1-10,12-14H2. The van der Waals surface area contributed by atoms with Crippen LogP contribution >= 0.6 is 0 Å². The van der Waals surface area contributed by atoms with Gasteiger partial charge in [-0.3, -0.25) is 4.98 Å². The van der Waals surface area contributed by atoms with Crippen LogP contribution < -0.4 is 0 Å². The quantitative estimate of drug-likeness (QED) is 0.365. The summed E-state index contributed by atoms with van der Waals surface area (Å²) < 4.78 is 0. The van der Waals surface area contributed by atoms with Gasteiger partial charge in [0.2, 0.25) is 0 Å². The van der Waals surface area contributed by atoms with Crippen LogP contribution in [0.25, 0.3) is 0 Å². The van der Waals surface area contributed by atoms with E-state index in [1.807, 2.05) is 12.4 Å². The monoisotopic (exact) mass is 311 g/mol. The van der Waals surface area contributed by atoms with Gasteiger partial charge in [-0.25, -0.2) is 0 Å². The lowest BCUT2D eigenvalue weighted by molar-refractivity contribution is 0.551. The molecule has 1 aliphatic carbocycles. The first-order valence-electron chi connectivity index (χ1n) is 9.69. The fraction of sp³-hybridized carbons (Fsp3) is 0.591. The van der Waals surface area contributed by atoms with Crippen molar-refractivity contribution in [1.29, 1.82) is 0 Å². The molecule has 0 aromatic carbocycles. The van der Waals surface area contributed by atoms with Crippen molar-refractivity contribution in [2.45, 2.75) is 83.5 Å². The van der Waals surface area contributed by atoms with E-state index in [1.54, 1.807) is 5.57 Å². The molecular weight excluding hydrogens is 278 g/mol. The highest BCUT2D eigenvalue weighted by atomic mass is 14.6. The zero-order chi connectivity index (χ0) is 16.0. The van der Waals surface area contributed by atoms with E-state index in [1.165, 1.54) is 82.6 Å². The predicted octanol–water partition coefficient (Wildman–Crippen LogP) is 6.80. The highest BCUT2D eigenvalue weighted by Gasteiger charge is 1.98. The number of aryl methyl sites for hydroxylation is 1. The van der Waals surface area contributed by atoms with Gasteiger partial charge in [-0.15, -0.1) is 0 Å². The van der Waals surface area contributed by atoms with Gasteiger partial charge in [0, 0.05) is 12.4 Å². The van der Waals surface area contributed by atoms with E-state index in [0.717, 1.165) is 6.42 Å². The van der Waals surface area contributed by atoms with E-state index in [4.69, 9.17) is 0 Å². The number of allylic oxidation sites excluding steroid dienone is 4. The molecule has 1 aliphatic rings. The Labute approximate surface area is 142 Å². The van der Waals surface area contributed by atoms with Gasteiger partial charge in [-0.2, -0.15) is 0 Å². The van der Waals surface area contributed by atoms with Gasteiger partial charge in [-0.05, 0) is 49.8 Å². The van der Waals surface area contributed by atoms with Crippen molar-refractivity contribution < 1.29 is 0 Å². The minimum atomic E-state index is 1.16. The topological polar surface area (TPSA) is 12.9 Å². The minimum Gasteiger partial charge on any atom is -0.265 e. The molecule has 0 bridgehead atoms.